The summed E-state index contributed by atoms with van der Waals surface area (Å²) in [6.07, 6.45) is 0. The van der Waals surface area contributed by atoms with Crippen molar-refractivity contribution in [1.82, 2.24) is 0 Å². The number of benzene rings is 2. The highest BCUT2D eigenvalue weighted by Crippen LogP contribution is 2.36. The molecule has 2 aromatic carbocycles. The lowest BCUT2D eigenvalue weighted by atomic mass is 10.2. The van der Waals surface area contributed by atoms with E-state index in [4.69, 9.17) is 21.1 Å². The summed E-state index contributed by atoms with van der Waals surface area (Å²) in [4.78, 5) is 0. The van der Waals surface area contributed by atoms with E-state index in [9.17, 15) is 0 Å². The molecule has 0 aliphatic carbocycles. The lowest BCUT2D eigenvalue weighted by Gasteiger charge is -2.15. The van der Waals surface area contributed by atoms with E-state index >= 15 is 0 Å². The van der Waals surface area contributed by atoms with Crippen LogP contribution in [-0.2, 0) is 6.54 Å². The zero-order valence-electron chi connectivity index (χ0n) is 12.0. The lowest BCUT2D eigenvalue weighted by Crippen LogP contribution is -2.04. The first-order chi connectivity index (χ1) is 10.2. The topological polar surface area (TPSA) is 30.5 Å². The summed E-state index contributed by atoms with van der Waals surface area (Å²) in [5, 5.41) is 3.98. The van der Waals surface area contributed by atoms with Gasteiger partial charge in [0.15, 0.2) is 5.75 Å². The second-order valence-electron chi connectivity index (χ2n) is 4.36. The van der Waals surface area contributed by atoms with Gasteiger partial charge in [-0.25, -0.2) is 0 Å². The average molecular weight is 371 g/mol. The number of nitrogens with one attached hydrogen (secondary N) is 1. The van der Waals surface area contributed by atoms with E-state index in [1.54, 1.807) is 13.2 Å². The van der Waals surface area contributed by atoms with Gasteiger partial charge in [-0.1, -0.05) is 29.8 Å². The summed E-state index contributed by atoms with van der Waals surface area (Å²) in [5.74, 6) is 1.61. The quantitative estimate of drug-likeness (QED) is 0.765. The van der Waals surface area contributed by atoms with Crippen molar-refractivity contribution >= 4 is 33.2 Å². The van der Waals surface area contributed by atoms with Gasteiger partial charge in [0.25, 0.3) is 0 Å². The van der Waals surface area contributed by atoms with Crippen molar-refractivity contribution < 1.29 is 9.47 Å². The third-order valence-corrected chi connectivity index (χ3v) is 3.76. The number of rotatable bonds is 6. The van der Waals surface area contributed by atoms with Crippen LogP contribution in [0.5, 0.6) is 11.5 Å². The molecule has 0 unspecified atom stereocenters. The number of para-hydroxylation sites is 1. The molecule has 0 spiro atoms. The van der Waals surface area contributed by atoms with Gasteiger partial charge in [0.05, 0.1) is 23.9 Å². The highest BCUT2D eigenvalue weighted by molar-refractivity contribution is 9.10. The van der Waals surface area contributed by atoms with E-state index in [1.165, 1.54) is 0 Å². The van der Waals surface area contributed by atoms with Gasteiger partial charge in [0.2, 0.25) is 0 Å². The molecule has 0 aliphatic heterocycles. The Bertz CT molecular complexity index is 619. The molecule has 0 saturated heterocycles. The van der Waals surface area contributed by atoms with Gasteiger partial charge in [0, 0.05) is 17.1 Å². The number of hydrogen-bond acceptors (Lipinski definition) is 3. The Balaban J connectivity index is 2.20. The van der Waals surface area contributed by atoms with Crippen molar-refractivity contribution in [2.75, 3.05) is 19.0 Å². The highest BCUT2D eigenvalue weighted by atomic mass is 79.9. The summed E-state index contributed by atoms with van der Waals surface area (Å²) >= 11 is 9.54. The molecule has 2 rings (SSSR count). The van der Waals surface area contributed by atoms with Crippen LogP contribution in [0, 0.1) is 0 Å². The van der Waals surface area contributed by atoms with Crippen molar-refractivity contribution in [2.24, 2.45) is 0 Å². The molecule has 5 heteroatoms. The van der Waals surface area contributed by atoms with Crippen molar-refractivity contribution in [1.29, 1.82) is 0 Å². The molecule has 21 heavy (non-hydrogen) atoms. The third-order valence-electron chi connectivity index (χ3n) is 2.95. The van der Waals surface area contributed by atoms with Crippen molar-refractivity contribution in [3.63, 3.8) is 0 Å². The van der Waals surface area contributed by atoms with Gasteiger partial charge in [-0.15, -0.1) is 0 Å². The first-order valence-electron chi connectivity index (χ1n) is 6.63. The van der Waals surface area contributed by atoms with Gasteiger partial charge in [-0.05, 0) is 41.1 Å². The van der Waals surface area contributed by atoms with Crippen LogP contribution >= 0.6 is 27.5 Å². The van der Waals surface area contributed by atoms with E-state index in [0.717, 1.165) is 27.2 Å². The Morgan fingerprint density at radius 2 is 2.00 bits per heavy atom. The molecule has 0 aromatic heterocycles. The van der Waals surface area contributed by atoms with E-state index in [0.29, 0.717) is 18.2 Å². The van der Waals surface area contributed by atoms with Crippen molar-refractivity contribution in [3.05, 3.63) is 51.5 Å². The molecule has 0 heterocycles. The molecule has 1 N–H and O–H groups in total. The molecule has 2 aromatic rings. The number of anilines is 1. The minimum atomic E-state index is 0.624. The molecular weight excluding hydrogens is 354 g/mol. The Kier molecular flexibility index (Phi) is 5.76. The fourth-order valence-electron chi connectivity index (χ4n) is 2.04. The minimum absolute atomic E-state index is 0.624. The highest BCUT2D eigenvalue weighted by Gasteiger charge is 2.10. The molecule has 0 atom stereocenters. The number of ether oxygens (including phenoxy) is 2. The first-order valence-corrected chi connectivity index (χ1v) is 7.80. The summed E-state index contributed by atoms with van der Waals surface area (Å²) in [6.45, 7) is 3.24. The largest absolute Gasteiger partial charge is 0.494 e. The SMILES string of the molecule is CCOc1ccccc1CNc1cc(Cl)cc(Br)c1OC. The van der Waals surface area contributed by atoms with Crippen LogP contribution in [0.4, 0.5) is 5.69 Å². The summed E-state index contributed by atoms with van der Waals surface area (Å²) < 4.78 is 11.8. The fourth-order valence-corrected chi connectivity index (χ4v) is 3.01. The zero-order valence-corrected chi connectivity index (χ0v) is 14.3. The van der Waals surface area contributed by atoms with Gasteiger partial charge in [-0.2, -0.15) is 0 Å². The molecule has 0 amide bonds. The molecule has 0 fully saturated rings. The van der Waals surface area contributed by atoms with Gasteiger partial charge in [0.1, 0.15) is 5.75 Å². The summed E-state index contributed by atoms with van der Waals surface area (Å²) in [6, 6.07) is 11.6. The molecular formula is C16H17BrClNO2. The van der Waals surface area contributed by atoms with Crippen LogP contribution in [0.2, 0.25) is 5.02 Å². The molecule has 112 valence electrons. The fraction of sp³-hybridized carbons (Fsp3) is 0.250. The molecule has 0 aliphatic rings. The molecule has 3 nitrogen and oxygen atoms in total. The molecule has 0 radical (unpaired) electrons. The Morgan fingerprint density at radius 1 is 1.24 bits per heavy atom. The lowest BCUT2D eigenvalue weighted by molar-refractivity contribution is 0.337. The predicted octanol–water partition coefficient (Wildman–Crippen LogP) is 5.12. The number of methoxy groups -OCH3 is 1. The van der Waals surface area contributed by atoms with E-state index < -0.39 is 0 Å². The van der Waals surface area contributed by atoms with E-state index in [1.807, 2.05) is 37.3 Å². The van der Waals surface area contributed by atoms with Crippen molar-refractivity contribution in [3.8, 4) is 11.5 Å². The molecule has 0 saturated carbocycles. The monoisotopic (exact) mass is 369 g/mol. The number of hydrogen-bond donors (Lipinski definition) is 1. The summed E-state index contributed by atoms with van der Waals surface area (Å²) in [5.41, 5.74) is 1.92. The van der Waals surface area contributed by atoms with Crippen LogP contribution in [0.25, 0.3) is 0 Å². The van der Waals surface area contributed by atoms with Gasteiger partial charge >= 0.3 is 0 Å². The van der Waals surface area contributed by atoms with Gasteiger partial charge in [-0.3, -0.25) is 0 Å². The predicted molar refractivity (Wildman–Crippen MR) is 90.6 cm³/mol. The third kappa shape index (κ3) is 4.05. The second-order valence-corrected chi connectivity index (χ2v) is 5.65. The van der Waals surface area contributed by atoms with Crippen LogP contribution in [0.3, 0.4) is 0 Å². The smallest absolute Gasteiger partial charge is 0.156 e. The maximum absolute atomic E-state index is 6.09. The Morgan fingerprint density at radius 3 is 2.71 bits per heavy atom. The van der Waals surface area contributed by atoms with Crippen molar-refractivity contribution in [2.45, 2.75) is 13.5 Å². The summed E-state index contributed by atoms with van der Waals surface area (Å²) in [7, 11) is 1.63. The van der Waals surface area contributed by atoms with E-state index in [2.05, 4.69) is 21.2 Å². The van der Waals surface area contributed by atoms with Crippen LogP contribution in [0.1, 0.15) is 12.5 Å². The second kappa shape index (κ2) is 7.57. The van der Waals surface area contributed by atoms with Gasteiger partial charge < -0.3 is 14.8 Å². The Labute approximate surface area is 138 Å². The standard InChI is InChI=1S/C16H17BrClNO2/c1-3-21-15-7-5-4-6-11(15)10-19-14-9-12(18)8-13(17)16(14)20-2/h4-9,19H,3,10H2,1-2H3. The van der Waals surface area contributed by atoms with Crippen LogP contribution in [0.15, 0.2) is 40.9 Å². The average Bonchev–Trinajstić information content (AvgIpc) is 2.46. The normalized spacial score (nSPS) is 10.3. The first kappa shape index (κ1) is 16.0. The minimum Gasteiger partial charge on any atom is -0.494 e. The molecule has 0 bridgehead atoms. The Hall–Kier alpha value is -1.39. The maximum atomic E-state index is 6.09. The maximum Gasteiger partial charge on any atom is 0.156 e. The van der Waals surface area contributed by atoms with Crippen LogP contribution < -0.4 is 14.8 Å². The van der Waals surface area contributed by atoms with Crippen LogP contribution in [-0.4, -0.2) is 13.7 Å². The number of halogens is 2. The van der Waals surface area contributed by atoms with E-state index in [-0.39, 0.29) is 0 Å². The zero-order chi connectivity index (χ0) is 15.2.